The number of methoxy groups -OCH3 is 1. The third-order valence-electron chi connectivity index (χ3n) is 4.43. The van der Waals surface area contributed by atoms with Crippen LogP contribution in [0.15, 0.2) is 82.4 Å². The standard InChI is InChI=1S/C23H17Cl2N3O3S/c1-30-19-10-6-5-9-18(19)22-27-28-23(31-22)32-20(14-7-3-2-4-8-14)21(29)26-17-12-15(24)11-16(25)13-17/h2-13,20H,1H3,(H,26,29)/t20-/m1/s1. The van der Waals surface area contributed by atoms with Gasteiger partial charge in [-0.15, -0.1) is 10.2 Å². The minimum Gasteiger partial charge on any atom is -0.496 e. The molecule has 0 saturated heterocycles. The topological polar surface area (TPSA) is 77.2 Å². The Morgan fingerprint density at radius 2 is 1.69 bits per heavy atom. The van der Waals surface area contributed by atoms with Gasteiger partial charge >= 0.3 is 0 Å². The minimum atomic E-state index is -0.653. The Labute approximate surface area is 198 Å². The molecule has 0 saturated carbocycles. The van der Waals surface area contributed by atoms with E-state index in [1.165, 1.54) is 0 Å². The van der Waals surface area contributed by atoms with Crippen LogP contribution in [-0.4, -0.2) is 23.2 Å². The molecule has 1 aromatic heterocycles. The fourth-order valence-electron chi connectivity index (χ4n) is 3.02. The van der Waals surface area contributed by atoms with Gasteiger partial charge in [0.1, 0.15) is 11.0 Å². The number of ether oxygens (including phenoxy) is 1. The second-order valence-corrected chi connectivity index (χ2v) is 8.56. The van der Waals surface area contributed by atoms with Crippen molar-refractivity contribution in [1.82, 2.24) is 10.2 Å². The molecule has 0 radical (unpaired) electrons. The van der Waals surface area contributed by atoms with E-state index < -0.39 is 5.25 Å². The molecule has 1 heterocycles. The van der Waals surface area contributed by atoms with E-state index in [1.54, 1.807) is 25.3 Å². The minimum absolute atomic E-state index is 0.249. The number of nitrogens with zero attached hydrogens (tertiary/aromatic N) is 2. The number of carbonyl (C=O) groups is 1. The van der Waals surface area contributed by atoms with Crippen molar-refractivity contribution >= 4 is 46.6 Å². The molecule has 0 aliphatic rings. The summed E-state index contributed by atoms with van der Waals surface area (Å²) >= 11 is 13.3. The maximum Gasteiger partial charge on any atom is 0.277 e. The van der Waals surface area contributed by atoms with Crippen molar-refractivity contribution < 1.29 is 13.9 Å². The first-order chi connectivity index (χ1) is 15.5. The number of anilines is 1. The van der Waals surface area contributed by atoms with Gasteiger partial charge in [0, 0.05) is 15.7 Å². The normalized spacial score (nSPS) is 11.7. The van der Waals surface area contributed by atoms with Gasteiger partial charge in [0.25, 0.3) is 11.1 Å². The molecular formula is C23H17Cl2N3O3S. The van der Waals surface area contributed by atoms with Crippen LogP contribution in [0.3, 0.4) is 0 Å². The number of halogens is 2. The Morgan fingerprint density at radius 3 is 2.41 bits per heavy atom. The maximum atomic E-state index is 13.2. The van der Waals surface area contributed by atoms with Gasteiger partial charge in [-0.2, -0.15) is 0 Å². The van der Waals surface area contributed by atoms with Crippen molar-refractivity contribution in [1.29, 1.82) is 0 Å². The number of para-hydroxylation sites is 1. The highest BCUT2D eigenvalue weighted by molar-refractivity contribution is 8.00. The van der Waals surface area contributed by atoms with Crippen molar-refractivity contribution in [2.45, 2.75) is 10.5 Å². The summed E-state index contributed by atoms with van der Waals surface area (Å²) in [6.07, 6.45) is 0. The molecule has 162 valence electrons. The number of amides is 1. The van der Waals surface area contributed by atoms with Crippen LogP contribution in [-0.2, 0) is 4.79 Å². The fourth-order valence-corrected chi connectivity index (χ4v) is 4.42. The van der Waals surface area contributed by atoms with Crippen LogP contribution in [0.1, 0.15) is 10.8 Å². The number of rotatable bonds is 7. The van der Waals surface area contributed by atoms with Crippen LogP contribution in [0, 0.1) is 0 Å². The Bertz CT molecular complexity index is 1210. The highest BCUT2D eigenvalue weighted by atomic mass is 35.5. The molecule has 1 atom stereocenters. The number of hydrogen-bond donors (Lipinski definition) is 1. The number of carbonyl (C=O) groups excluding carboxylic acids is 1. The second-order valence-electron chi connectivity index (χ2n) is 6.63. The van der Waals surface area contributed by atoms with E-state index >= 15 is 0 Å². The average molecular weight is 486 g/mol. The van der Waals surface area contributed by atoms with E-state index in [0.717, 1.165) is 17.3 Å². The van der Waals surface area contributed by atoms with E-state index in [4.69, 9.17) is 32.4 Å². The largest absolute Gasteiger partial charge is 0.496 e. The molecule has 1 N–H and O–H groups in total. The second kappa shape index (κ2) is 10.1. The predicted molar refractivity (Wildman–Crippen MR) is 126 cm³/mol. The highest BCUT2D eigenvalue weighted by Crippen LogP contribution is 2.38. The number of benzene rings is 3. The van der Waals surface area contributed by atoms with Gasteiger partial charge in [-0.1, -0.05) is 65.7 Å². The van der Waals surface area contributed by atoms with Crippen LogP contribution in [0.25, 0.3) is 11.5 Å². The summed E-state index contributed by atoms with van der Waals surface area (Å²) in [5.74, 6) is 0.637. The highest BCUT2D eigenvalue weighted by Gasteiger charge is 2.26. The summed E-state index contributed by atoms with van der Waals surface area (Å²) in [7, 11) is 1.57. The van der Waals surface area contributed by atoms with Crippen LogP contribution in [0.5, 0.6) is 5.75 Å². The summed E-state index contributed by atoms with van der Waals surface area (Å²) in [4.78, 5) is 13.2. The van der Waals surface area contributed by atoms with Crippen LogP contribution < -0.4 is 10.1 Å². The number of hydrogen-bond acceptors (Lipinski definition) is 6. The van der Waals surface area contributed by atoms with E-state index in [-0.39, 0.29) is 11.1 Å². The summed E-state index contributed by atoms with van der Waals surface area (Å²) in [5, 5.41) is 11.6. The zero-order valence-electron chi connectivity index (χ0n) is 16.8. The van der Waals surface area contributed by atoms with Crippen molar-refractivity contribution in [3.63, 3.8) is 0 Å². The summed E-state index contributed by atoms with van der Waals surface area (Å²) in [6.45, 7) is 0. The van der Waals surface area contributed by atoms with E-state index in [9.17, 15) is 4.79 Å². The number of aromatic nitrogens is 2. The summed E-state index contributed by atoms with van der Waals surface area (Å²) < 4.78 is 11.2. The first-order valence-corrected chi connectivity index (χ1v) is 11.1. The van der Waals surface area contributed by atoms with Gasteiger partial charge in [0.2, 0.25) is 5.91 Å². The van der Waals surface area contributed by atoms with Crippen molar-refractivity contribution in [3.8, 4) is 17.2 Å². The van der Waals surface area contributed by atoms with Gasteiger partial charge in [-0.05, 0) is 47.7 Å². The third kappa shape index (κ3) is 5.24. The molecule has 0 fully saturated rings. The number of nitrogens with one attached hydrogen (secondary N) is 1. The lowest BCUT2D eigenvalue weighted by molar-refractivity contribution is -0.115. The molecule has 6 nitrogen and oxygen atoms in total. The summed E-state index contributed by atoms with van der Waals surface area (Å²) in [6, 6.07) is 21.5. The zero-order valence-corrected chi connectivity index (χ0v) is 19.1. The van der Waals surface area contributed by atoms with Crippen molar-refractivity contribution in [2.24, 2.45) is 0 Å². The molecule has 0 aliphatic carbocycles. The zero-order chi connectivity index (χ0) is 22.5. The molecule has 3 aromatic carbocycles. The molecular weight excluding hydrogens is 469 g/mol. The first-order valence-electron chi connectivity index (χ1n) is 9.49. The third-order valence-corrected chi connectivity index (χ3v) is 5.96. The summed E-state index contributed by atoms with van der Waals surface area (Å²) in [5.41, 5.74) is 1.94. The quantitative estimate of drug-likeness (QED) is 0.300. The molecule has 0 unspecified atom stereocenters. The Kier molecular flexibility index (Phi) is 6.99. The molecule has 4 rings (SSSR count). The lowest BCUT2D eigenvalue weighted by atomic mass is 10.1. The average Bonchev–Trinajstić information content (AvgIpc) is 3.26. The van der Waals surface area contributed by atoms with Gasteiger partial charge < -0.3 is 14.5 Å². The molecule has 0 bridgehead atoms. The Morgan fingerprint density at radius 1 is 1.00 bits per heavy atom. The van der Waals surface area contributed by atoms with Crippen LogP contribution in [0.4, 0.5) is 5.69 Å². The molecule has 0 aliphatic heterocycles. The Hall–Kier alpha value is -3.00. The fraction of sp³-hybridized carbons (Fsp3) is 0.0870. The van der Waals surface area contributed by atoms with Crippen molar-refractivity contribution in [2.75, 3.05) is 12.4 Å². The van der Waals surface area contributed by atoms with E-state index in [1.807, 2.05) is 54.6 Å². The Balaban J connectivity index is 1.61. The lowest BCUT2D eigenvalue weighted by Gasteiger charge is -2.15. The van der Waals surface area contributed by atoms with E-state index in [0.29, 0.717) is 32.9 Å². The van der Waals surface area contributed by atoms with Gasteiger partial charge in [-0.3, -0.25) is 4.79 Å². The molecule has 4 aromatic rings. The number of thioether (sulfide) groups is 1. The van der Waals surface area contributed by atoms with Crippen LogP contribution >= 0.6 is 35.0 Å². The first kappa shape index (κ1) is 22.2. The van der Waals surface area contributed by atoms with Gasteiger partial charge in [0.15, 0.2) is 0 Å². The lowest BCUT2D eigenvalue weighted by Crippen LogP contribution is -2.19. The molecule has 32 heavy (non-hydrogen) atoms. The predicted octanol–water partition coefficient (Wildman–Crippen LogP) is 6.52. The van der Waals surface area contributed by atoms with Gasteiger partial charge in [-0.25, -0.2) is 0 Å². The SMILES string of the molecule is COc1ccccc1-c1nnc(S[C@@H](C(=O)Nc2cc(Cl)cc(Cl)c2)c2ccccc2)o1. The van der Waals surface area contributed by atoms with Crippen LogP contribution in [0.2, 0.25) is 10.0 Å². The molecule has 9 heteroatoms. The molecule has 1 amide bonds. The van der Waals surface area contributed by atoms with Gasteiger partial charge in [0.05, 0.1) is 12.7 Å². The monoisotopic (exact) mass is 485 g/mol. The van der Waals surface area contributed by atoms with E-state index in [2.05, 4.69) is 15.5 Å². The molecule has 0 spiro atoms. The maximum absolute atomic E-state index is 13.2. The smallest absolute Gasteiger partial charge is 0.277 e. The van der Waals surface area contributed by atoms with Crippen molar-refractivity contribution in [3.05, 3.63) is 88.4 Å².